The summed E-state index contributed by atoms with van der Waals surface area (Å²) in [4.78, 5) is 15.0. The van der Waals surface area contributed by atoms with Crippen molar-refractivity contribution in [2.45, 2.75) is 38.0 Å². The molecule has 0 amide bonds. The minimum atomic E-state index is -0.596. The van der Waals surface area contributed by atoms with Crippen LogP contribution in [0, 0.1) is 0 Å². The molecule has 1 aromatic rings. The maximum absolute atomic E-state index is 11.2. The van der Waals surface area contributed by atoms with Gasteiger partial charge in [-0.3, -0.25) is 0 Å². The number of halogens is 2. The van der Waals surface area contributed by atoms with Crippen LogP contribution in [0.1, 0.15) is 43.8 Å². The smallest absolute Gasteiger partial charge is 0.374 e. The summed E-state index contributed by atoms with van der Waals surface area (Å²) in [6.45, 7) is 0. The summed E-state index contributed by atoms with van der Waals surface area (Å²) < 4.78 is 5.10. The third-order valence-corrected chi connectivity index (χ3v) is 3.26. The van der Waals surface area contributed by atoms with Gasteiger partial charge in [-0.05, 0) is 12.8 Å². The number of aromatic nitrogens is 1. The highest BCUT2D eigenvalue weighted by molar-refractivity contribution is 6.32. The lowest BCUT2D eigenvalue weighted by atomic mass is 9.88. The molecule has 1 fully saturated rings. The Bertz CT molecular complexity index is 410. The largest absolute Gasteiger partial charge is 0.422 e. The number of hydrogen-bond donors (Lipinski definition) is 0. The second-order valence-electron chi connectivity index (χ2n) is 3.78. The lowest BCUT2D eigenvalue weighted by Gasteiger charge is -2.20. The van der Waals surface area contributed by atoms with E-state index in [0.29, 0.717) is 5.76 Å². The Kier molecular flexibility index (Phi) is 3.32. The van der Waals surface area contributed by atoms with Gasteiger partial charge < -0.3 is 4.42 Å². The van der Waals surface area contributed by atoms with E-state index < -0.39 is 5.63 Å². The molecule has 0 atom stereocenters. The van der Waals surface area contributed by atoms with Crippen molar-refractivity contribution in [2.24, 2.45) is 0 Å². The minimum Gasteiger partial charge on any atom is -0.422 e. The Morgan fingerprint density at radius 3 is 2.47 bits per heavy atom. The van der Waals surface area contributed by atoms with Crippen molar-refractivity contribution in [2.75, 3.05) is 0 Å². The van der Waals surface area contributed by atoms with Crippen molar-refractivity contribution in [3.8, 4) is 0 Å². The molecule has 0 bridgehead atoms. The molecular weight excluding hydrogens is 237 g/mol. The summed E-state index contributed by atoms with van der Waals surface area (Å²) in [5.74, 6) is 0.731. The molecule has 1 aliphatic carbocycles. The van der Waals surface area contributed by atoms with Crippen LogP contribution in [-0.4, -0.2) is 4.98 Å². The zero-order valence-electron chi connectivity index (χ0n) is 8.13. The summed E-state index contributed by atoms with van der Waals surface area (Å²) in [5.41, 5.74) is -0.596. The first kappa shape index (κ1) is 11.0. The lowest BCUT2D eigenvalue weighted by molar-refractivity contribution is 0.352. The van der Waals surface area contributed by atoms with Crippen molar-refractivity contribution in [1.82, 2.24) is 4.98 Å². The van der Waals surface area contributed by atoms with Crippen molar-refractivity contribution in [1.29, 1.82) is 0 Å². The third kappa shape index (κ3) is 2.34. The molecule has 1 heterocycles. The van der Waals surface area contributed by atoms with Crippen LogP contribution >= 0.6 is 23.2 Å². The zero-order chi connectivity index (χ0) is 10.8. The summed E-state index contributed by atoms with van der Waals surface area (Å²) in [5, 5.41) is 0.0334. The van der Waals surface area contributed by atoms with Gasteiger partial charge >= 0.3 is 5.63 Å². The monoisotopic (exact) mass is 247 g/mol. The van der Waals surface area contributed by atoms with E-state index in [1.807, 2.05) is 0 Å². The van der Waals surface area contributed by atoms with Gasteiger partial charge in [-0.2, -0.15) is 0 Å². The van der Waals surface area contributed by atoms with Gasteiger partial charge in [0, 0.05) is 5.92 Å². The first-order valence-electron chi connectivity index (χ1n) is 5.04. The summed E-state index contributed by atoms with van der Waals surface area (Å²) in [6.07, 6.45) is 5.54. The minimum absolute atomic E-state index is 0.195. The van der Waals surface area contributed by atoms with Gasteiger partial charge in [0.1, 0.15) is 5.76 Å². The Morgan fingerprint density at radius 2 is 1.80 bits per heavy atom. The molecule has 1 aliphatic rings. The fourth-order valence-corrected chi connectivity index (χ4v) is 2.43. The first-order valence-corrected chi connectivity index (χ1v) is 5.80. The second kappa shape index (κ2) is 4.54. The summed E-state index contributed by atoms with van der Waals surface area (Å²) in [7, 11) is 0. The van der Waals surface area contributed by atoms with Gasteiger partial charge in [-0.15, -0.1) is 0 Å². The molecule has 2 rings (SSSR count). The lowest BCUT2D eigenvalue weighted by Crippen LogP contribution is -2.11. The Morgan fingerprint density at radius 1 is 1.13 bits per heavy atom. The summed E-state index contributed by atoms with van der Waals surface area (Å²) >= 11 is 11.4. The van der Waals surface area contributed by atoms with E-state index in [-0.39, 0.29) is 16.2 Å². The van der Waals surface area contributed by atoms with Crippen LogP contribution < -0.4 is 5.63 Å². The number of nitrogens with zero attached hydrogens (tertiary/aromatic N) is 1. The van der Waals surface area contributed by atoms with Crippen molar-refractivity contribution < 1.29 is 4.42 Å². The maximum atomic E-state index is 11.2. The Hall–Kier alpha value is -0.540. The fraction of sp³-hybridized carbons (Fsp3) is 0.600. The van der Waals surface area contributed by atoms with Gasteiger partial charge in [0.2, 0.25) is 5.15 Å². The van der Waals surface area contributed by atoms with Gasteiger partial charge in [0.25, 0.3) is 0 Å². The Labute approximate surface area is 97.4 Å². The fourth-order valence-electron chi connectivity index (χ4n) is 1.99. The molecule has 5 heteroatoms. The van der Waals surface area contributed by atoms with Crippen LogP contribution in [0.2, 0.25) is 10.3 Å². The maximum Gasteiger partial charge on any atom is 0.374 e. The highest BCUT2D eigenvalue weighted by Gasteiger charge is 2.22. The van der Waals surface area contributed by atoms with Crippen LogP contribution in [-0.2, 0) is 0 Å². The van der Waals surface area contributed by atoms with E-state index in [2.05, 4.69) is 4.98 Å². The number of hydrogen-bond acceptors (Lipinski definition) is 3. The van der Waals surface area contributed by atoms with Crippen LogP contribution in [0.4, 0.5) is 0 Å². The van der Waals surface area contributed by atoms with Gasteiger partial charge in [0.05, 0.1) is 0 Å². The molecule has 0 aliphatic heterocycles. The van der Waals surface area contributed by atoms with Crippen molar-refractivity contribution in [3.05, 3.63) is 26.5 Å². The molecule has 1 aromatic heterocycles. The standard InChI is InChI=1S/C10H11Cl2NO2/c11-8-7(6-4-2-1-3-5-6)15-10(14)9(12)13-8/h6H,1-5H2. The van der Waals surface area contributed by atoms with E-state index in [1.54, 1.807) is 0 Å². The normalized spacial score (nSPS) is 18.0. The molecule has 0 radical (unpaired) electrons. The average Bonchev–Trinajstić information content (AvgIpc) is 2.25. The second-order valence-corrected chi connectivity index (χ2v) is 4.50. The molecule has 82 valence electrons. The molecular formula is C10H11Cl2NO2. The van der Waals surface area contributed by atoms with E-state index in [9.17, 15) is 4.79 Å². The molecule has 0 unspecified atom stereocenters. The van der Waals surface area contributed by atoms with E-state index in [1.165, 1.54) is 6.42 Å². The first-order chi connectivity index (χ1) is 7.18. The van der Waals surface area contributed by atoms with Gasteiger partial charge in [0.15, 0.2) is 5.15 Å². The molecule has 0 saturated heterocycles. The van der Waals surface area contributed by atoms with Crippen molar-refractivity contribution in [3.63, 3.8) is 0 Å². The highest BCUT2D eigenvalue weighted by Crippen LogP contribution is 2.35. The SMILES string of the molecule is O=c1oc(C2CCCCC2)c(Cl)nc1Cl. The van der Waals surface area contributed by atoms with E-state index in [4.69, 9.17) is 27.6 Å². The highest BCUT2D eigenvalue weighted by atomic mass is 35.5. The molecule has 3 nitrogen and oxygen atoms in total. The van der Waals surface area contributed by atoms with Crippen LogP contribution in [0.25, 0.3) is 0 Å². The average molecular weight is 248 g/mol. The molecule has 0 aromatic carbocycles. The van der Waals surface area contributed by atoms with Crippen LogP contribution in [0.15, 0.2) is 9.21 Å². The van der Waals surface area contributed by atoms with Gasteiger partial charge in [-0.25, -0.2) is 9.78 Å². The predicted molar refractivity (Wildman–Crippen MR) is 58.6 cm³/mol. The molecule has 1 saturated carbocycles. The molecule has 0 spiro atoms. The predicted octanol–water partition coefficient (Wildman–Crippen LogP) is 3.39. The molecule has 0 N–H and O–H groups in total. The van der Waals surface area contributed by atoms with Crippen LogP contribution in [0.5, 0.6) is 0 Å². The topological polar surface area (TPSA) is 43.1 Å². The summed E-state index contributed by atoms with van der Waals surface area (Å²) in [6, 6.07) is 0. The van der Waals surface area contributed by atoms with Gasteiger partial charge in [-0.1, -0.05) is 42.5 Å². The van der Waals surface area contributed by atoms with Crippen molar-refractivity contribution >= 4 is 23.2 Å². The quantitative estimate of drug-likeness (QED) is 0.764. The molecule has 15 heavy (non-hydrogen) atoms. The van der Waals surface area contributed by atoms with E-state index >= 15 is 0 Å². The third-order valence-electron chi connectivity index (χ3n) is 2.75. The Balaban J connectivity index is 2.34. The van der Waals surface area contributed by atoms with E-state index in [0.717, 1.165) is 25.7 Å². The van der Waals surface area contributed by atoms with Crippen LogP contribution in [0.3, 0.4) is 0 Å². The zero-order valence-corrected chi connectivity index (χ0v) is 9.64. The number of rotatable bonds is 1.